The van der Waals surface area contributed by atoms with Gasteiger partial charge in [-0.25, -0.2) is 9.41 Å². The normalized spacial score (nSPS) is 22.6. The number of nitrogens with one attached hydrogen (secondary N) is 1. The number of nitrogens with two attached hydrogens (primary N) is 1. The summed E-state index contributed by atoms with van der Waals surface area (Å²) >= 11 is 6.02. The number of amidine groups is 1. The van der Waals surface area contributed by atoms with Crippen LogP contribution in [0.5, 0.6) is 0 Å². The highest BCUT2D eigenvalue weighted by Gasteiger charge is 2.26. The van der Waals surface area contributed by atoms with Gasteiger partial charge in [-0.3, -0.25) is 5.73 Å². The quantitative estimate of drug-likeness (QED) is 0.703. The minimum atomic E-state index is -0.609. The van der Waals surface area contributed by atoms with Crippen LogP contribution in [0.3, 0.4) is 0 Å². The van der Waals surface area contributed by atoms with Gasteiger partial charge in [0.1, 0.15) is 5.84 Å². The number of methoxy groups -OCH3 is 1. The Balaban J connectivity index is 2.82. The van der Waals surface area contributed by atoms with Crippen molar-refractivity contribution in [3.8, 4) is 0 Å². The molecule has 0 radical (unpaired) electrons. The van der Waals surface area contributed by atoms with Gasteiger partial charge in [0.25, 0.3) is 0 Å². The molecule has 0 bridgehead atoms. The van der Waals surface area contributed by atoms with Gasteiger partial charge < -0.3 is 10.1 Å². The molecule has 0 saturated heterocycles. The van der Waals surface area contributed by atoms with Gasteiger partial charge in [-0.05, 0) is 6.92 Å². The second-order valence-corrected chi connectivity index (χ2v) is 3.90. The van der Waals surface area contributed by atoms with Gasteiger partial charge in [0.2, 0.25) is 5.96 Å². The minimum Gasteiger partial charge on any atom is -0.384 e. The zero-order valence-electron chi connectivity index (χ0n) is 9.77. The summed E-state index contributed by atoms with van der Waals surface area (Å²) in [5, 5.41) is 3.02. The number of guanidine groups is 1. The van der Waals surface area contributed by atoms with Crippen LogP contribution in [0.2, 0.25) is 0 Å². The number of hydrogen-bond acceptors (Lipinski definition) is 6. The van der Waals surface area contributed by atoms with Gasteiger partial charge in [-0.15, -0.1) is 0 Å². The lowest BCUT2D eigenvalue weighted by Gasteiger charge is -2.29. The van der Waals surface area contributed by atoms with Gasteiger partial charge in [-0.2, -0.15) is 4.99 Å². The highest BCUT2D eigenvalue weighted by molar-refractivity contribution is 6.24. The Morgan fingerprint density at radius 2 is 2.38 bits per heavy atom. The van der Waals surface area contributed by atoms with Crippen LogP contribution >= 0.6 is 11.8 Å². The fourth-order valence-electron chi connectivity index (χ4n) is 1.39. The van der Waals surface area contributed by atoms with Crippen molar-refractivity contribution >= 4 is 23.6 Å². The van der Waals surface area contributed by atoms with Gasteiger partial charge in [-0.1, -0.05) is 6.92 Å². The summed E-state index contributed by atoms with van der Waals surface area (Å²) in [5.41, 5.74) is 5.77. The topological polar surface area (TPSA) is 75.2 Å². The summed E-state index contributed by atoms with van der Waals surface area (Å²) in [6, 6.07) is 0. The number of ether oxygens (including phenoxy) is 1. The Kier molecular flexibility index (Phi) is 4.98. The van der Waals surface area contributed by atoms with Gasteiger partial charge in [0.05, 0.1) is 6.61 Å². The summed E-state index contributed by atoms with van der Waals surface area (Å²) in [6.45, 7) is 5.21. The fraction of sp³-hybridized carbons (Fsp3) is 0.778. The number of halogens is 1. The number of aliphatic imine (C=N–C) groups is 2. The van der Waals surface area contributed by atoms with E-state index < -0.39 is 6.29 Å². The Bertz CT molecular complexity index is 294. The van der Waals surface area contributed by atoms with Crippen LogP contribution < -0.4 is 11.1 Å². The molecule has 0 aromatic carbocycles. The standard InChI is InChI=1S/C9H18ClN5O/c1-4-12-9-13-7(6(2)5-16-3)15(10)8(11)14-9/h6,8H,4-5,11H2,1-3H3,(H,12,14). The van der Waals surface area contributed by atoms with E-state index in [1.807, 2.05) is 13.8 Å². The Labute approximate surface area is 101 Å². The predicted molar refractivity (Wildman–Crippen MR) is 65.3 cm³/mol. The van der Waals surface area contributed by atoms with Gasteiger partial charge in [0, 0.05) is 31.3 Å². The molecule has 6 nitrogen and oxygen atoms in total. The van der Waals surface area contributed by atoms with E-state index in [2.05, 4.69) is 15.3 Å². The highest BCUT2D eigenvalue weighted by atomic mass is 35.5. The average molecular weight is 248 g/mol. The molecule has 1 heterocycles. The van der Waals surface area contributed by atoms with Crippen molar-refractivity contribution in [1.29, 1.82) is 0 Å². The maximum absolute atomic E-state index is 6.02. The number of rotatable bonds is 4. The Morgan fingerprint density at radius 1 is 1.69 bits per heavy atom. The molecule has 1 rings (SSSR count). The van der Waals surface area contributed by atoms with E-state index >= 15 is 0 Å². The molecule has 0 aromatic rings. The Hall–Kier alpha value is -0.850. The van der Waals surface area contributed by atoms with Crippen molar-refractivity contribution in [2.75, 3.05) is 20.3 Å². The van der Waals surface area contributed by atoms with E-state index in [0.717, 1.165) is 6.54 Å². The van der Waals surface area contributed by atoms with Crippen molar-refractivity contribution in [1.82, 2.24) is 9.74 Å². The molecule has 92 valence electrons. The molecule has 16 heavy (non-hydrogen) atoms. The third-order valence-electron chi connectivity index (χ3n) is 2.12. The van der Waals surface area contributed by atoms with Crippen molar-refractivity contribution in [3.63, 3.8) is 0 Å². The van der Waals surface area contributed by atoms with Crippen molar-refractivity contribution in [3.05, 3.63) is 0 Å². The molecule has 0 fully saturated rings. The zero-order chi connectivity index (χ0) is 12.1. The molecule has 1 aliphatic heterocycles. The smallest absolute Gasteiger partial charge is 0.223 e. The van der Waals surface area contributed by atoms with Crippen LogP contribution in [0.25, 0.3) is 0 Å². The van der Waals surface area contributed by atoms with Crippen LogP contribution in [0, 0.1) is 5.92 Å². The van der Waals surface area contributed by atoms with E-state index in [-0.39, 0.29) is 5.92 Å². The van der Waals surface area contributed by atoms with E-state index in [1.54, 1.807) is 7.11 Å². The summed E-state index contributed by atoms with van der Waals surface area (Å²) < 4.78 is 6.41. The third kappa shape index (κ3) is 3.07. The number of nitrogens with zero attached hydrogens (tertiary/aromatic N) is 3. The first kappa shape index (κ1) is 13.2. The van der Waals surface area contributed by atoms with Gasteiger partial charge in [0.15, 0.2) is 6.29 Å². The number of hydrogen-bond donors (Lipinski definition) is 2. The molecule has 2 unspecified atom stereocenters. The van der Waals surface area contributed by atoms with Crippen molar-refractivity contribution in [2.45, 2.75) is 20.1 Å². The molecule has 7 heteroatoms. The molecule has 3 N–H and O–H groups in total. The zero-order valence-corrected chi connectivity index (χ0v) is 10.5. The van der Waals surface area contributed by atoms with E-state index in [1.165, 1.54) is 4.42 Å². The molecule has 0 aromatic heterocycles. The minimum absolute atomic E-state index is 0.0673. The van der Waals surface area contributed by atoms with Crippen LogP contribution in [0.15, 0.2) is 9.98 Å². The molecule has 0 spiro atoms. The maximum Gasteiger partial charge on any atom is 0.223 e. The second kappa shape index (κ2) is 6.03. The van der Waals surface area contributed by atoms with E-state index in [9.17, 15) is 0 Å². The molecule has 0 aliphatic carbocycles. The molecular formula is C9H18ClN5O. The van der Waals surface area contributed by atoms with Gasteiger partial charge >= 0.3 is 0 Å². The molecule has 0 amide bonds. The average Bonchev–Trinajstić information content (AvgIpc) is 2.23. The Morgan fingerprint density at radius 3 is 2.94 bits per heavy atom. The first-order chi connectivity index (χ1) is 7.60. The van der Waals surface area contributed by atoms with Crippen molar-refractivity contribution in [2.24, 2.45) is 21.6 Å². The van der Waals surface area contributed by atoms with Crippen LogP contribution in [-0.4, -0.2) is 42.8 Å². The largest absolute Gasteiger partial charge is 0.384 e. The SMILES string of the molecule is CCNC1=NC(N)N(Cl)C(C(C)COC)=N1. The summed E-state index contributed by atoms with van der Waals surface area (Å²) in [7, 11) is 1.64. The van der Waals surface area contributed by atoms with E-state index in [4.69, 9.17) is 22.2 Å². The molecule has 1 aliphatic rings. The van der Waals surface area contributed by atoms with E-state index in [0.29, 0.717) is 18.4 Å². The highest BCUT2D eigenvalue weighted by Crippen LogP contribution is 2.14. The lowest BCUT2D eigenvalue weighted by atomic mass is 10.1. The summed E-state index contributed by atoms with van der Waals surface area (Å²) in [5.74, 6) is 1.25. The van der Waals surface area contributed by atoms with Crippen molar-refractivity contribution < 1.29 is 4.74 Å². The predicted octanol–water partition coefficient (Wildman–Crippen LogP) is 0.345. The summed E-state index contributed by atoms with van der Waals surface area (Å²) in [4.78, 5) is 8.41. The first-order valence-corrected chi connectivity index (χ1v) is 5.53. The first-order valence-electron chi connectivity index (χ1n) is 5.20. The monoisotopic (exact) mass is 247 g/mol. The second-order valence-electron chi connectivity index (χ2n) is 3.53. The lowest BCUT2D eigenvalue weighted by molar-refractivity contribution is 0.177. The molecule has 2 atom stereocenters. The van der Waals surface area contributed by atoms with Crippen LogP contribution in [0.1, 0.15) is 13.8 Å². The van der Waals surface area contributed by atoms with Crippen LogP contribution in [-0.2, 0) is 4.74 Å². The third-order valence-corrected chi connectivity index (χ3v) is 2.49. The lowest BCUT2D eigenvalue weighted by Crippen LogP contribution is -2.47. The summed E-state index contributed by atoms with van der Waals surface area (Å²) in [6.07, 6.45) is -0.609. The maximum atomic E-state index is 6.02. The molecule has 0 saturated carbocycles. The molecular weight excluding hydrogens is 230 g/mol. The fourth-order valence-corrected chi connectivity index (χ4v) is 1.63. The van der Waals surface area contributed by atoms with Crippen LogP contribution in [0.4, 0.5) is 0 Å².